The number of imidazole rings is 2. The van der Waals surface area contributed by atoms with Gasteiger partial charge in [-0.25, -0.2) is 19.6 Å². The zero-order valence-corrected chi connectivity index (χ0v) is 17.7. The largest absolute Gasteiger partial charge is 0.456 e. The molecular formula is C24H22N4O4. The van der Waals surface area contributed by atoms with Gasteiger partial charge in [0.25, 0.3) is 0 Å². The van der Waals surface area contributed by atoms with Crippen LogP contribution in [-0.4, -0.2) is 31.9 Å². The van der Waals surface area contributed by atoms with E-state index in [1.54, 1.807) is 13.8 Å². The third-order valence-electron chi connectivity index (χ3n) is 4.81. The number of aromatic nitrogens is 4. The summed E-state index contributed by atoms with van der Waals surface area (Å²) in [6, 6.07) is 18.8. The Morgan fingerprint density at radius 1 is 0.688 bits per heavy atom. The fraction of sp³-hybridized carbons (Fsp3) is 0.167. The van der Waals surface area contributed by atoms with Crippen molar-refractivity contribution in [1.82, 2.24) is 19.9 Å². The molecule has 162 valence electrons. The molecule has 32 heavy (non-hydrogen) atoms. The van der Waals surface area contributed by atoms with Crippen molar-refractivity contribution in [3.05, 3.63) is 94.6 Å². The van der Waals surface area contributed by atoms with Gasteiger partial charge in [0.2, 0.25) is 0 Å². The highest BCUT2D eigenvalue weighted by molar-refractivity contribution is 5.90. The molecule has 8 nitrogen and oxygen atoms in total. The molecule has 0 radical (unpaired) electrons. The van der Waals surface area contributed by atoms with Gasteiger partial charge in [0.1, 0.15) is 13.2 Å². The molecule has 2 aromatic heterocycles. The van der Waals surface area contributed by atoms with Crippen molar-refractivity contribution in [3.8, 4) is 11.6 Å². The molecule has 0 aliphatic rings. The highest BCUT2D eigenvalue weighted by Crippen LogP contribution is 2.19. The molecule has 0 fully saturated rings. The summed E-state index contributed by atoms with van der Waals surface area (Å²) in [5.74, 6) is -0.419. The molecule has 0 unspecified atom stereocenters. The first-order valence-electron chi connectivity index (χ1n) is 10.1. The van der Waals surface area contributed by atoms with Crippen LogP contribution >= 0.6 is 0 Å². The van der Waals surface area contributed by atoms with Crippen molar-refractivity contribution in [3.63, 3.8) is 0 Å². The van der Waals surface area contributed by atoms with Gasteiger partial charge in [-0.2, -0.15) is 0 Å². The number of benzene rings is 2. The third kappa shape index (κ3) is 4.75. The highest BCUT2D eigenvalue weighted by atomic mass is 16.5. The predicted molar refractivity (Wildman–Crippen MR) is 117 cm³/mol. The van der Waals surface area contributed by atoms with Crippen LogP contribution in [0.3, 0.4) is 0 Å². The van der Waals surface area contributed by atoms with Gasteiger partial charge in [-0.15, -0.1) is 0 Å². The van der Waals surface area contributed by atoms with Crippen molar-refractivity contribution >= 4 is 11.9 Å². The van der Waals surface area contributed by atoms with E-state index >= 15 is 0 Å². The van der Waals surface area contributed by atoms with E-state index in [4.69, 9.17) is 9.47 Å². The number of esters is 2. The molecule has 4 aromatic rings. The van der Waals surface area contributed by atoms with Crippen molar-refractivity contribution < 1.29 is 19.1 Å². The second-order valence-electron chi connectivity index (χ2n) is 7.24. The number of aryl methyl sites for hydroxylation is 2. The van der Waals surface area contributed by atoms with Crippen LogP contribution in [0.25, 0.3) is 11.6 Å². The molecular weight excluding hydrogens is 408 g/mol. The summed E-state index contributed by atoms with van der Waals surface area (Å²) < 4.78 is 10.7. The third-order valence-corrected chi connectivity index (χ3v) is 4.81. The number of ether oxygens (including phenoxy) is 2. The lowest BCUT2D eigenvalue weighted by Crippen LogP contribution is -2.07. The normalized spacial score (nSPS) is 10.7. The fourth-order valence-corrected chi connectivity index (χ4v) is 3.13. The Morgan fingerprint density at radius 3 is 1.44 bits per heavy atom. The summed E-state index contributed by atoms with van der Waals surface area (Å²) in [4.78, 5) is 39.6. The van der Waals surface area contributed by atoms with E-state index < -0.39 is 11.9 Å². The average Bonchev–Trinajstić information content (AvgIpc) is 3.40. The number of nitrogens with zero attached hydrogens (tertiary/aromatic N) is 2. The van der Waals surface area contributed by atoms with E-state index in [9.17, 15) is 9.59 Å². The zero-order valence-electron chi connectivity index (χ0n) is 17.7. The number of aromatic amines is 2. The summed E-state index contributed by atoms with van der Waals surface area (Å²) in [6.45, 7) is 3.75. The first kappa shape index (κ1) is 21.0. The van der Waals surface area contributed by atoms with Gasteiger partial charge in [0.15, 0.2) is 23.0 Å². The standard InChI is InChI=1S/C24H22N4O4/c1-15-19(23(29)31-13-17-9-5-3-6-10-17)27-21(25-15)22-26-16(2)20(28-22)24(30)32-14-18-11-7-4-8-12-18/h3-12H,13-14H2,1-2H3,(H,25,27)(H,26,28). The number of hydrogen-bond acceptors (Lipinski definition) is 6. The summed E-state index contributed by atoms with van der Waals surface area (Å²) >= 11 is 0. The zero-order chi connectivity index (χ0) is 22.5. The summed E-state index contributed by atoms with van der Waals surface area (Å²) in [6.07, 6.45) is 0. The van der Waals surface area contributed by atoms with Crippen molar-refractivity contribution in [2.24, 2.45) is 0 Å². The Morgan fingerprint density at radius 2 is 1.06 bits per heavy atom. The minimum atomic E-state index is -0.542. The lowest BCUT2D eigenvalue weighted by atomic mass is 10.2. The van der Waals surface area contributed by atoms with Crippen LogP contribution in [0.15, 0.2) is 60.7 Å². The van der Waals surface area contributed by atoms with Gasteiger partial charge in [-0.3, -0.25) is 0 Å². The molecule has 0 atom stereocenters. The molecule has 2 heterocycles. The molecule has 2 aromatic carbocycles. The van der Waals surface area contributed by atoms with Crippen LogP contribution < -0.4 is 0 Å². The SMILES string of the molecule is Cc1[nH]c(-c2nc(C(=O)OCc3ccccc3)c(C)[nH]2)nc1C(=O)OCc1ccccc1. The second-order valence-corrected chi connectivity index (χ2v) is 7.24. The molecule has 0 aliphatic heterocycles. The number of nitrogens with one attached hydrogen (secondary N) is 2. The number of carbonyl (C=O) groups excluding carboxylic acids is 2. The summed E-state index contributed by atoms with van der Waals surface area (Å²) in [5, 5.41) is 0. The molecule has 0 aliphatic carbocycles. The second kappa shape index (κ2) is 9.30. The maximum absolute atomic E-state index is 12.5. The Labute approximate surface area is 184 Å². The first-order valence-corrected chi connectivity index (χ1v) is 10.1. The summed E-state index contributed by atoms with van der Waals surface area (Å²) in [5.41, 5.74) is 3.18. The Bertz CT molecular complexity index is 1130. The van der Waals surface area contributed by atoms with Crippen molar-refractivity contribution in [2.75, 3.05) is 0 Å². The van der Waals surface area contributed by atoms with Gasteiger partial charge in [0, 0.05) is 11.4 Å². The van der Waals surface area contributed by atoms with E-state index in [1.165, 1.54) is 0 Å². The van der Waals surface area contributed by atoms with E-state index in [0.717, 1.165) is 11.1 Å². The average molecular weight is 430 g/mol. The van der Waals surface area contributed by atoms with Gasteiger partial charge in [0.05, 0.1) is 0 Å². The quantitative estimate of drug-likeness (QED) is 0.427. The van der Waals surface area contributed by atoms with Crippen molar-refractivity contribution in [2.45, 2.75) is 27.1 Å². The van der Waals surface area contributed by atoms with E-state index in [2.05, 4.69) is 19.9 Å². The molecule has 0 bridgehead atoms. The van der Waals surface area contributed by atoms with Gasteiger partial charge >= 0.3 is 11.9 Å². The monoisotopic (exact) mass is 430 g/mol. The molecule has 0 saturated carbocycles. The molecule has 0 saturated heterocycles. The topological polar surface area (TPSA) is 110 Å². The molecule has 0 amide bonds. The molecule has 4 rings (SSSR count). The summed E-state index contributed by atoms with van der Waals surface area (Å²) in [7, 11) is 0. The lowest BCUT2D eigenvalue weighted by Gasteiger charge is -2.03. The van der Waals surface area contributed by atoms with E-state index in [-0.39, 0.29) is 24.6 Å². The maximum Gasteiger partial charge on any atom is 0.359 e. The predicted octanol–water partition coefficient (Wildman–Crippen LogP) is 4.13. The van der Waals surface area contributed by atoms with Crippen LogP contribution in [0.5, 0.6) is 0 Å². The smallest absolute Gasteiger partial charge is 0.359 e. The van der Waals surface area contributed by atoms with Crippen molar-refractivity contribution in [1.29, 1.82) is 0 Å². The van der Waals surface area contributed by atoms with E-state index in [1.807, 2.05) is 60.7 Å². The van der Waals surface area contributed by atoms with Gasteiger partial charge in [-0.1, -0.05) is 60.7 Å². The van der Waals surface area contributed by atoms with E-state index in [0.29, 0.717) is 23.0 Å². The Balaban J connectivity index is 1.45. The fourth-order valence-electron chi connectivity index (χ4n) is 3.13. The maximum atomic E-state index is 12.5. The number of carbonyl (C=O) groups is 2. The highest BCUT2D eigenvalue weighted by Gasteiger charge is 2.22. The van der Waals surface area contributed by atoms with Crippen LogP contribution in [0, 0.1) is 13.8 Å². The van der Waals surface area contributed by atoms with Gasteiger partial charge < -0.3 is 19.4 Å². The Hall–Kier alpha value is -4.20. The number of hydrogen-bond donors (Lipinski definition) is 2. The Kier molecular flexibility index (Phi) is 6.12. The molecule has 8 heteroatoms. The lowest BCUT2D eigenvalue weighted by molar-refractivity contribution is 0.0456. The molecule has 0 spiro atoms. The minimum Gasteiger partial charge on any atom is -0.456 e. The first-order chi connectivity index (χ1) is 15.5. The van der Waals surface area contributed by atoms with Gasteiger partial charge in [-0.05, 0) is 25.0 Å². The number of rotatable bonds is 7. The van der Waals surface area contributed by atoms with Crippen LogP contribution in [0.2, 0.25) is 0 Å². The molecule has 2 N–H and O–H groups in total. The number of H-pyrrole nitrogens is 2. The van der Waals surface area contributed by atoms with Crippen LogP contribution in [-0.2, 0) is 22.7 Å². The van der Waals surface area contributed by atoms with Crippen LogP contribution in [0.1, 0.15) is 43.5 Å². The van der Waals surface area contributed by atoms with Crippen LogP contribution in [0.4, 0.5) is 0 Å². The minimum absolute atomic E-state index is 0.151.